The maximum Gasteiger partial charge on any atom is 0.252 e. The van der Waals surface area contributed by atoms with Crippen LogP contribution in [0, 0.1) is 5.92 Å². The van der Waals surface area contributed by atoms with Crippen molar-refractivity contribution in [2.24, 2.45) is 5.92 Å². The Kier molecular flexibility index (Phi) is 6.95. The summed E-state index contributed by atoms with van der Waals surface area (Å²) >= 11 is 5.98. The van der Waals surface area contributed by atoms with Crippen molar-refractivity contribution in [3.63, 3.8) is 0 Å². The Morgan fingerprint density at radius 1 is 1.09 bits per heavy atom. The topological polar surface area (TPSA) is 98.2 Å². The molecule has 2 aromatic carbocycles. The lowest BCUT2D eigenvalue weighted by Gasteiger charge is -2.44. The summed E-state index contributed by atoms with van der Waals surface area (Å²) in [7, 11) is -3.88. The van der Waals surface area contributed by atoms with E-state index in [1.807, 2.05) is 11.9 Å². The van der Waals surface area contributed by atoms with Crippen LogP contribution in [0.1, 0.15) is 19.8 Å². The molecular formula is C23H28ClN3O5S. The summed E-state index contributed by atoms with van der Waals surface area (Å²) in [5.74, 6) is -1.20. The van der Waals surface area contributed by atoms with Gasteiger partial charge in [0.1, 0.15) is 6.10 Å². The van der Waals surface area contributed by atoms with Gasteiger partial charge in [-0.15, -0.1) is 0 Å². The maximum atomic E-state index is 12.9. The molecule has 0 radical (unpaired) electrons. The van der Waals surface area contributed by atoms with E-state index in [1.165, 1.54) is 17.0 Å². The van der Waals surface area contributed by atoms with Gasteiger partial charge in [-0.05, 0) is 47.9 Å². The fraction of sp³-hybridized carbons (Fsp3) is 0.478. The summed E-state index contributed by atoms with van der Waals surface area (Å²) in [4.78, 5) is 26.7. The number of hydrogen-bond acceptors (Lipinski definition) is 6. The zero-order valence-corrected chi connectivity index (χ0v) is 20.1. The number of halogens is 1. The molecule has 2 heterocycles. The highest BCUT2D eigenvalue weighted by atomic mass is 35.5. The molecule has 2 saturated heterocycles. The second kappa shape index (κ2) is 9.58. The van der Waals surface area contributed by atoms with Crippen molar-refractivity contribution in [1.82, 2.24) is 14.9 Å². The summed E-state index contributed by atoms with van der Waals surface area (Å²) < 4.78 is 25.7. The van der Waals surface area contributed by atoms with Gasteiger partial charge in [-0.1, -0.05) is 30.7 Å². The van der Waals surface area contributed by atoms with E-state index in [4.69, 9.17) is 11.6 Å². The Morgan fingerprint density at radius 2 is 1.76 bits per heavy atom. The van der Waals surface area contributed by atoms with Gasteiger partial charge in [0.25, 0.3) is 5.91 Å². The number of benzene rings is 2. The largest absolute Gasteiger partial charge is 0.382 e. The number of sulfone groups is 1. The van der Waals surface area contributed by atoms with Crippen molar-refractivity contribution < 1.29 is 23.1 Å². The van der Waals surface area contributed by atoms with Gasteiger partial charge in [0.05, 0.1) is 10.6 Å². The van der Waals surface area contributed by atoms with Crippen LogP contribution in [0.15, 0.2) is 41.3 Å². The molecule has 0 bridgehead atoms. The number of aliphatic hydroxyl groups excluding tert-OH is 1. The third-order valence-corrected chi connectivity index (χ3v) is 8.35. The van der Waals surface area contributed by atoms with Gasteiger partial charge in [-0.25, -0.2) is 13.4 Å². The molecule has 2 atom stereocenters. The Labute approximate surface area is 198 Å². The van der Waals surface area contributed by atoms with E-state index in [-0.39, 0.29) is 16.7 Å². The number of amides is 2. The fourth-order valence-corrected chi connectivity index (χ4v) is 5.96. The zero-order valence-electron chi connectivity index (χ0n) is 18.5. The van der Waals surface area contributed by atoms with Crippen LogP contribution >= 0.6 is 11.6 Å². The van der Waals surface area contributed by atoms with E-state index in [1.54, 1.807) is 29.3 Å². The summed E-state index contributed by atoms with van der Waals surface area (Å²) in [6, 6.07) is 9.78. The molecule has 10 heteroatoms. The van der Waals surface area contributed by atoms with Crippen molar-refractivity contribution in [3.05, 3.63) is 41.4 Å². The number of piperazine rings is 1. The Balaban J connectivity index is 1.37. The molecule has 8 nitrogen and oxygen atoms in total. The van der Waals surface area contributed by atoms with Crippen LogP contribution in [0.5, 0.6) is 0 Å². The van der Waals surface area contributed by atoms with E-state index < -0.39 is 27.6 Å². The van der Waals surface area contributed by atoms with Crippen LogP contribution in [-0.2, 0) is 19.4 Å². The first-order chi connectivity index (χ1) is 15.7. The van der Waals surface area contributed by atoms with Crippen molar-refractivity contribution in [3.8, 4) is 0 Å². The zero-order chi connectivity index (χ0) is 23.8. The van der Waals surface area contributed by atoms with Crippen molar-refractivity contribution >= 4 is 44.0 Å². The first kappa shape index (κ1) is 23.9. The van der Waals surface area contributed by atoms with E-state index in [0.29, 0.717) is 43.1 Å². The van der Waals surface area contributed by atoms with Crippen LogP contribution in [0.3, 0.4) is 0 Å². The average Bonchev–Trinajstić information content (AvgIpc) is 2.80. The molecule has 0 spiro atoms. The third kappa shape index (κ3) is 5.16. The summed E-state index contributed by atoms with van der Waals surface area (Å²) in [6.45, 7) is 4.19. The molecule has 0 saturated carbocycles. The van der Waals surface area contributed by atoms with Crippen LogP contribution in [0.25, 0.3) is 10.8 Å². The van der Waals surface area contributed by atoms with Gasteiger partial charge >= 0.3 is 0 Å². The Bertz CT molecular complexity index is 1160. The minimum atomic E-state index is -3.88. The maximum absolute atomic E-state index is 12.9. The minimum Gasteiger partial charge on any atom is -0.382 e. The number of aliphatic hydroxyl groups is 1. The lowest BCUT2D eigenvalue weighted by Crippen LogP contribution is -2.59. The van der Waals surface area contributed by atoms with Crippen LogP contribution in [0.2, 0.25) is 5.02 Å². The van der Waals surface area contributed by atoms with E-state index in [9.17, 15) is 23.1 Å². The molecule has 2 aliphatic rings. The number of carbonyl (C=O) groups is 2. The number of fused-ring (bicyclic) bond motifs is 1. The Morgan fingerprint density at radius 3 is 2.48 bits per heavy atom. The quantitative estimate of drug-likeness (QED) is 0.683. The number of piperidine rings is 1. The van der Waals surface area contributed by atoms with Crippen LogP contribution < -0.4 is 0 Å². The van der Waals surface area contributed by atoms with Crippen LogP contribution in [-0.4, -0.2) is 84.8 Å². The molecule has 178 valence electrons. The summed E-state index contributed by atoms with van der Waals surface area (Å²) in [6.07, 6.45) is 0.184. The number of rotatable bonds is 5. The lowest BCUT2D eigenvalue weighted by atomic mass is 10.0. The van der Waals surface area contributed by atoms with Gasteiger partial charge in [0, 0.05) is 43.7 Å². The first-order valence-electron chi connectivity index (χ1n) is 11.1. The number of hydrogen-bond donors (Lipinski definition) is 1. The molecule has 2 aliphatic heterocycles. The van der Waals surface area contributed by atoms with E-state index in [2.05, 4.69) is 0 Å². The van der Waals surface area contributed by atoms with Crippen molar-refractivity contribution in [2.45, 2.75) is 30.8 Å². The fourth-order valence-electron chi connectivity index (χ4n) is 4.45. The molecule has 1 N–H and O–H groups in total. The van der Waals surface area contributed by atoms with Gasteiger partial charge in [-0.2, -0.15) is 0 Å². The predicted octanol–water partition coefficient (Wildman–Crippen LogP) is 1.95. The molecule has 2 amide bonds. The molecule has 4 rings (SSSR count). The SMILES string of the molecule is CC1CCCN(N2CCN(C(=O)[C@H](O)CS(=O)(=O)c3ccc4cc(Cl)ccc4c3)CC2)C1=O. The molecule has 0 aliphatic carbocycles. The van der Waals surface area contributed by atoms with Crippen LogP contribution in [0.4, 0.5) is 0 Å². The number of hydrazine groups is 1. The second-order valence-electron chi connectivity index (χ2n) is 8.73. The van der Waals surface area contributed by atoms with E-state index >= 15 is 0 Å². The van der Waals surface area contributed by atoms with E-state index in [0.717, 1.165) is 18.2 Å². The highest BCUT2D eigenvalue weighted by Crippen LogP contribution is 2.24. The first-order valence-corrected chi connectivity index (χ1v) is 13.1. The summed E-state index contributed by atoms with van der Waals surface area (Å²) in [5, 5.41) is 16.2. The Hall–Kier alpha value is -2.20. The summed E-state index contributed by atoms with van der Waals surface area (Å²) in [5.41, 5.74) is 0. The van der Waals surface area contributed by atoms with Gasteiger partial charge < -0.3 is 10.0 Å². The highest BCUT2D eigenvalue weighted by molar-refractivity contribution is 7.91. The molecule has 2 aromatic rings. The smallest absolute Gasteiger partial charge is 0.252 e. The minimum absolute atomic E-state index is 0.00228. The monoisotopic (exact) mass is 493 g/mol. The van der Waals surface area contributed by atoms with Gasteiger partial charge in [0.2, 0.25) is 5.91 Å². The molecule has 2 fully saturated rings. The third-order valence-electron chi connectivity index (χ3n) is 6.39. The molecular weight excluding hydrogens is 466 g/mol. The number of carbonyl (C=O) groups excluding carboxylic acids is 2. The van der Waals surface area contributed by atoms with Crippen molar-refractivity contribution in [1.29, 1.82) is 0 Å². The predicted molar refractivity (Wildman–Crippen MR) is 125 cm³/mol. The molecule has 33 heavy (non-hydrogen) atoms. The average molecular weight is 494 g/mol. The highest BCUT2D eigenvalue weighted by Gasteiger charge is 2.34. The van der Waals surface area contributed by atoms with Crippen molar-refractivity contribution in [2.75, 3.05) is 38.5 Å². The van der Waals surface area contributed by atoms with Gasteiger partial charge in [-0.3, -0.25) is 14.6 Å². The van der Waals surface area contributed by atoms with Gasteiger partial charge in [0.15, 0.2) is 9.84 Å². The standard InChI is InChI=1S/C23H28ClN3O5S/c1-16-3-2-8-27(22(16)29)26-11-9-25(10-12-26)23(30)21(28)15-33(31,32)20-7-5-17-13-19(24)6-4-18(17)14-20/h4-7,13-14,16,21,28H,2-3,8-12,15H2,1H3/t16?,21-/m1/s1. The lowest BCUT2D eigenvalue weighted by molar-refractivity contribution is -0.163. The molecule has 1 unspecified atom stereocenters. The number of nitrogens with zero attached hydrogens (tertiary/aromatic N) is 3. The second-order valence-corrected chi connectivity index (χ2v) is 11.2. The molecule has 0 aromatic heterocycles. The normalized spacial score (nSPS) is 21.4.